The Hall–Kier alpha value is -3.00. The average Bonchev–Trinajstić information content (AvgIpc) is 2.75. The van der Waals surface area contributed by atoms with Crippen molar-refractivity contribution in [3.8, 4) is 11.5 Å². The van der Waals surface area contributed by atoms with Crippen LogP contribution in [0.3, 0.4) is 0 Å². The summed E-state index contributed by atoms with van der Waals surface area (Å²) in [6.07, 6.45) is -3.06. The van der Waals surface area contributed by atoms with E-state index in [1.165, 1.54) is 23.3 Å². The number of halogens is 3. The molecular formula is C27H30F3NO4. The molecule has 0 atom stereocenters. The maximum Gasteiger partial charge on any atom is 0.416 e. The number of fused-ring (bicyclic) bond motifs is 1. The molecule has 0 aromatic heterocycles. The normalized spacial score (nSPS) is 16.8. The number of likely N-dealkylation sites (tertiary alicyclic amines) is 1. The third kappa shape index (κ3) is 5.81. The van der Waals surface area contributed by atoms with Crippen LogP contribution in [0.25, 0.3) is 5.57 Å². The van der Waals surface area contributed by atoms with E-state index in [1.54, 1.807) is 19.9 Å². The predicted molar refractivity (Wildman–Crippen MR) is 126 cm³/mol. The third-order valence-corrected chi connectivity index (χ3v) is 6.58. The lowest BCUT2D eigenvalue weighted by molar-refractivity contribution is -0.147. The smallest absolute Gasteiger partial charge is 0.416 e. The number of rotatable bonds is 8. The van der Waals surface area contributed by atoms with Gasteiger partial charge in [0.15, 0.2) is 0 Å². The van der Waals surface area contributed by atoms with E-state index in [4.69, 9.17) is 14.6 Å². The van der Waals surface area contributed by atoms with Crippen molar-refractivity contribution in [1.29, 1.82) is 0 Å². The first-order valence-electron chi connectivity index (χ1n) is 11.8. The van der Waals surface area contributed by atoms with Gasteiger partial charge in [-0.2, -0.15) is 13.2 Å². The van der Waals surface area contributed by atoms with Crippen LogP contribution < -0.4 is 9.47 Å². The number of aryl methyl sites for hydroxylation is 1. The SMILES string of the molecule is CC1=C(CN2CC(C(=O)O)C2)CCc2cc(OCc3ccc(OC(C)C)cc3C(F)(F)F)ccc21. The van der Waals surface area contributed by atoms with E-state index in [9.17, 15) is 18.0 Å². The second kappa shape index (κ2) is 9.93. The number of carboxylic acids is 1. The van der Waals surface area contributed by atoms with Crippen LogP contribution in [-0.4, -0.2) is 41.7 Å². The summed E-state index contributed by atoms with van der Waals surface area (Å²) < 4.78 is 52.1. The van der Waals surface area contributed by atoms with Crippen molar-refractivity contribution < 1.29 is 32.5 Å². The zero-order valence-corrected chi connectivity index (χ0v) is 20.1. The summed E-state index contributed by atoms with van der Waals surface area (Å²) in [6, 6.07) is 9.62. The number of carbonyl (C=O) groups is 1. The second-order valence-corrected chi connectivity index (χ2v) is 9.55. The molecule has 1 saturated heterocycles. The van der Waals surface area contributed by atoms with Gasteiger partial charge < -0.3 is 14.6 Å². The Morgan fingerprint density at radius 3 is 2.49 bits per heavy atom. The Labute approximate surface area is 203 Å². The summed E-state index contributed by atoms with van der Waals surface area (Å²) in [5, 5.41) is 9.07. The highest BCUT2D eigenvalue weighted by atomic mass is 19.4. The molecule has 188 valence electrons. The molecule has 2 aromatic rings. The van der Waals surface area contributed by atoms with Crippen molar-refractivity contribution >= 4 is 11.5 Å². The first kappa shape index (κ1) is 25.1. The summed E-state index contributed by atoms with van der Waals surface area (Å²) >= 11 is 0. The summed E-state index contributed by atoms with van der Waals surface area (Å²) in [4.78, 5) is 13.2. The minimum atomic E-state index is -4.51. The molecule has 1 fully saturated rings. The maximum absolute atomic E-state index is 13.6. The van der Waals surface area contributed by atoms with Crippen LogP contribution in [0.5, 0.6) is 11.5 Å². The molecule has 2 aromatic carbocycles. The lowest BCUT2D eigenvalue weighted by Gasteiger charge is -2.38. The fourth-order valence-corrected chi connectivity index (χ4v) is 4.67. The Morgan fingerprint density at radius 1 is 1.11 bits per heavy atom. The van der Waals surface area contributed by atoms with E-state index in [2.05, 4.69) is 11.8 Å². The molecule has 0 amide bonds. The lowest BCUT2D eigenvalue weighted by atomic mass is 9.85. The van der Waals surface area contributed by atoms with Gasteiger partial charge in [-0.1, -0.05) is 17.7 Å². The summed E-state index contributed by atoms with van der Waals surface area (Å²) in [7, 11) is 0. The Kier molecular flexibility index (Phi) is 7.12. The molecule has 1 aliphatic carbocycles. The molecule has 1 N–H and O–H groups in total. The fourth-order valence-electron chi connectivity index (χ4n) is 4.67. The predicted octanol–water partition coefficient (Wildman–Crippen LogP) is 5.81. The first-order chi connectivity index (χ1) is 16.5. The standard InChI is InChI=1S/C27H30F3NO4/c1-16(2)35-23-7-6-20(25(11-23)27(28,29)30)15-34-22-8-9-24-17(3)19(5-4-18(24)10-22)12-31-13-21(14-31)26(32)33/h6-11,16,21H,4-5,12-15H2,1-3H3,(H,32,33). The van der Waals surface area contributed by atoms with E-state index in [0.717, 1.165) is 36.6 Å². The van der Waals surface area contributed by atoms with Crippen LogP contribution in [0, 0.1) is 5.92 Å². The molecule has 0 saturated carbocycles. The van der Waals surface area contributed by atoms with Crippen molar-refractivity contribution in [2.75, 3.05) is 19.6 Å². The van der Waals surface area contributed by atoms with E-state index in [0.29, 0.717) is 18.8 Å². The minimum absolute atomic E-state index is 0.0545. The van der Waals surface area contributed by atoms with Gasteiger partial charge in [-0.3, -0.25) is 9.69 Å². The highest BCUT2D eigenvalue weighted by Gasteiger charge is 2.35. The summed E-state index contributed by atoms with van der Waals surface area (Å²) in [5.74, 6) is -0.304. The number of carboxylic acid groups (broad SMARTS) is 1. The van der Waals surface area contributed by atoms with Crippen molar-refractivity contribution in [2.24, 2.45) is 5.92 Å². The van der Waals surface area contributed by atoms with Crippen LogP contribution >= 0.6 is 0 Å². The molecule has 2 aliphatic rings. The number of allylic oxidation sites excluding steroid dienone is 1. The van der Waals surface area contributed by atoms with Gasteiger partial charge in [-0.05, 0) is 74.6 Å². The molecule has 0 radical (unpaired) electrons. The zero-order chi connectivity index (χ0) is 25.3. The van der Waals surface area contributed by atoms with Crippen LogP contribution in [0.2, 0.25) is 0 Å². The monoisotopic (exact) mass is 489 g/mol. The van der Waals surface area contributed by atoms with E-state index in [1.807, 2.05) is 12.1 Å². The number of hydrogen-bond donors (Lipinski definition) is 1. The third-order valence-electron chi connectivity index (χ3n) is 6.58. The number of alkyl halides is 3. The number of ether oxygens (including phenoxy) is 2. The average molecular weight is 490 g/mol. The van der Waals surface area contributed by atoms with Crippen LogP contribution in [0.15, 0.2) is 42.0 Å². The highest BCUT2D eigenvalue weighted by molar-refractivity contribution is 5.73. The van der Waals surface area contributed by atoms with Crippen LogP contribution in [0.4, 0.5) is 13.2 Å². The molecule has 8 heteroatoms. The van der Waals surface area contributed by atoms with E-state index >= 15 is 0 Å². The molecular weight excluding hydrogens is 459 g/mol. The van der Waals surface area contributed by atoms with Crippen molar-refractivity contribution in [3.63, 3.8) is 0 Å². The molecule has 0 bridgehead atoms. The topological polar surface area (TPSA) is 59.0 Å². The minimum Gasteiger partial charge on any atom is -0.491 e. The van der Waals surface area contributed by atoms with E-state index < -0.39 is 17.7 Å². The molecule has 4 rings (SSSR count). The first-order valence-corrected chi connectivity index (χ1v) is 11.8. The lowest BCUT2D eigenvalue weighted by Crippen LogP contribution is -2.50. The van der Waals surface area contributed by atoms with Crippen molar-refractivity contribution in [3.05, 3.63) is 64.2 Å². The Morgan fingerprint density at radius 2 is 1.83 bits per heavy atom. The van der Waals surface area contributed by atoms with Gasteiger partial charge in [0.05, 0.1) is 17.6 Å². The van der Waals surface area contributed by atoms with Gasteiger partial charge in [0.25, 0.3) is 0 Å². The largest absolute Gasteiger partial charge is 0.491 e. The molecule has 0 spiro atoms. The number of aliphatic carboxylic acids is 1. The summed E-state index contributed by atoms with van der Waals surface area (Å²) in [5.41, 5.74) is 3.99. The van der Waals surface area contributed by atoms with Gasteiger partial charge in [-0.15, -0.1) is 0 Å². The molecule has 1 heterocycles. The van der Waals surface area contributed by atoms with Gasteiger partial charge >= 0.3 is 12.1 Å². The Bertz CT molecular complexity index is 1130. The number of nitrogens with zero attached hydrogens (tertiary/aromatic N) is 1. The van der Waals surface area contributed by atoms with Gasteiger partial charge in [-0.25, -0.2) is 0 Å². The molecule has 35 heavy (non-hydrogen) atoms. The van der Waals surface area contributed by atoms with Crippen molar-refractivity contribution in [2.45, 2.75) is 52.5 Å². The molecule has 5 nitrogen and oxygen atoms in total. The van der Waals surface area contributed by atoms with E-state index in [-0.39, 0.29) is 29.9 Å². The van der Waals surface area contributed by atoms with Crippen molar-refractivity contribution in [1.82, 2.24) is 4.90 Å². The van der Waals surface area contributed by atoms with Gasteiger partial charge in [0, 0.05) is 25.2 Å². The van der Waals surface area contributed by atoms with Gasteiger partial charge in [0.2, 0.25) is 0 Å². The fraction of sp³-hybridized carbons (Fsp3) is 0.444. The number of hydrogen-bond acceptors (Lipinski definition) is 4. The molecule has 1 aliphatic heterocycles. The molecule has 0 unspecified atom stereocenters. The number of benzene rings is 2. The van der Waals surface area contributed by atoms with Crippen LogP contribution in [0.1, 0.15) is 49.4 Å². The maximum atomic E-state index is 13.6. The Balaban J connectivity index is 1.45. The van der Waals surface area contributed by atoms with Gasteiger partial charge in [0.1, 0.15) is 18.1 Å². The summed E-state index contributed by atoms with van der Waals surface area (Å²) in [6.45, 7) is 7.32. The quantitative estimate of drug-likeness (QED) is 0.507. The van der Waals surface area contributed by atoms with Crippen LogP contribution in [-0.2, 0) is 24.0 Å². The highest BCUT2D eigenvalue weighted by Crippen LogP contribution is 2.37. The zero-order valence-electron chi connectivity index (χ0n) is 20.1. The second-order valence-electron chi connectivity index (χ2n) is 9.55.